The first-order valence-electron chi connectivity index (χ1n) is 7.31. The average Bonchev–Trinajstić information content (AvgIpc) is 2.43. The molecule has 0 aliphatic rings. The summed E-state index contributed by atoms with van der Waals surface area (Å²) in [4.78, 5) is 4.16. The van der Waals surface area contributed by atoms with E-state index in [0.29, 0.717) is 12.3 Å². The SMILES string of the molecule is CCNC(=NCC(C)Oc1cccc(F)c1)NCCC(F)(F)F.I. The van der Waals surface area contributed by atoms with Gasteiger partial charge < -0.3 is 15.4 Å². The quantitative estimate of drug-likeness (QED) is 0.281. The van der Waals surface area contributed by atoms with Crippen molar-refractivity contribution in [1.29, 1.82) is 0 Å². The van der Waals surface area contributed by atoms with Gasteiger partial charge in [-0.3, -0.25) is 0 Å². The largest absolute Gasteiger partial charge is 0.489 e. The van der Waals surface area contributed by atoms with Crippen LogP contribution in [0.2, 0.25) is 0 Å². The molecule has 0 amide bonds. The zero-order chi connectivity index (χ0) is 17.3. The second kappa shape index (κ2) is 11.3. The van der Waals surface area contributed by atoms with E-state index in [0.717, 1.165) is 0 Å². The van der Waals surface area contributed by atoms with Crippen molar-refractivity contribution in [2.45, 2.75) is 32.5 Å². The number of nitrogens with zero attached hydrogens (tertiary/aromatic N) is 1. The van der Waals surface area contributed by atoms with Crippen molar-refractivity contribution in [1.82, 2.24) is 10.6 Å². The zero-order valence-corrected chi connectivity index (χ0v) is 15.8. The van der Waals surface area contributed by atoms with Gasteiger partial charge >= 0.3 is 6.18 Å². The van der Waals surface area contributed by atoms with Gasteiger partial charge in [0.25, 0.3) is 0 Å². The van der Waals surface area contributed by atoms with E-state index in [-0.39, 0.29) is 49.1 Å². The van der Waals surface area contributed by atoms with Crippen LogP contribution in [-0.2, 0) is 0 Å². The number of aliphatic imine (C=N–C) groups is 1. The average molecular weight is 463 g/mol. The van der Waals surface area contributed by atoms with Gasteiger partial charge in [-0.25, -0.2) is 9.38 Å². The number of rotatable bonds is 7. The van der Waals surface area contributed by atoms with E-state index in [4.69, 9.17) is 4.74 Å². The third-order valence-corrected chi connectivity index (χ3v) is 2.69. The van der Waals surface area contributed by atoms with E-state index >= 15 is 0 Å². The second-order valence-electron chi connectivity index (χ2n) is 4.90. The summed E-state index contributed by atoms with van der Waals surface area (Å²) < 4.78 is 54.9. The Morgan fingerprint density at radius 2 is 2.00 bits per heavy atom. The van der Waals surface area contributed by atoms with Gasteiger partial charge in [0.1, 0.15) is 17.7 Å². The maximum atomic E-state index is 13.0. The van der Waals surface area contributed by atoms with Crippen LogP contribution in [0.4, 0.5) is 17.6 Å². The fraction of sp³-hybridized carbons (Fsp3) is 0.533. The summed E-state index contributed by atoms with van der Waals surface area (Å²) in [5.41, 5.74) is 0. The molecule has 0 saturated carbocycles. The number of guanidine groups is 1. The number of alkyl halides is 3. The summed E-state index contributed by atoms with van der Waals surface area (Å²) in [6.45, 7) is 4.05. The molecule has 9 heteroatoms. The lowest BCUT2D eigenvalue weighted by molar-refractivity contribution is -0.132. The van der Waals surface area contributed by atoms with Gasteiger partial charge in [0.15, 0.2) is 5.96 Å². The highest BCUT2D eigenvalue weighted by atomic mass is 127. The van der Waals surface area contributed by atoms with Crippen molar-refractivity contribution in [3.63, 3.8) is 0 Å². The highest BCUT2D eigenvalue weighted by molar-refractivity contribution is 14.0. The molecular formula is C15H22F4IN3O. The molecule has 0 aliphatic carbocycles. The van der Waals surface area contributed by atoms with Crippen LogP contribution in [0, 0.1) is 5.82 Å². The first kappa shape index (κ1) is 22.7. The Balaban J connectivity index is 0.00000529. The summed E-state index contributed by atoms with van der Waals surface area (Å²) in [5, 5.41) is 5.46. The Labute approximate surface area is 156 Å². The standard InChI is InChI=1S/C15H21F4N3O.HI/c1-3-20-14(21-8-7-15(17,18)19)22-10-11(2)23-13-6-4-5-12(16)9-13;/h4-6,9,11H,3,7-8,10H2,1-2H3,(H2,20,21,22);1H. The Hall–Kier alpha value is -1.26. The summed E-state index contributed by atoms with van der Waals surface area (Å²) in [5.74, 6) is 0.259. The second-order valence-corrected chi connectivity index (χ2v) is 4.90. The molecule has 0 aliphatic heterocycles. The predicted octanol–water partition coefficient (Wildman–Crippen LogP) is 3.72. The first-order valence-corrected chi connectivity index (χ1v) is 7.31. The molecule has 1 unspecified atom stereocenters. The molecule has 24 heavy (non-hydrogen) atoms. The van der Waals surface area contributed by atoms with Gasteiger partial charge in [-0.1, -0.05) is 6.07 Å². The number of halogens is 5. The maximum absolute atomic E-state index is 13.0. The van der Waals surface area contributed by atoms with Crippen molar-refractivity contribution in [3.8, 4) is 5.75 Å². The van der Waals surface area contributed by atoms with Crippen molar-refractivity contribution in [2.75, 3.05) is 19.6 Å². The lowest BCUT2D eigenvalue weighted by Crippen LogP contribution is -2.39. The van der Waals surface area contributed by atoms with Crippen molar-refractivity contribution >= 4 is 29.9 Å². The predicted molar refractivity (Wildman–Crippen MR) is 96.6 cm³/mol. The smallest absolute Gasteiger partial charge is 0.390 e. The zero-order valence-electron chi connectivity index (χ0n) is 13.5. The highest BCUT2D eigenvalue weighted by Crippen LogP contribution is 2.18. The first-order chi connectivity index (χ1) is 10.8. The number of nitrogens with one attached hydrogen (secondary N) is 2. The number of hydrogen-bond acceptors (Lipinski definition) is 2. The van der Waals surface area contributed by atoms with Crippen LogP contribution in [-0.4, -0.2) is 37.9 Å². The van der Waals surface area contributed by atoms with Gasteiger partial charge in [-0.15, -0.1) is 24.0 Å². The molecule has 0 saturated heterocycles. The molecule has 0 bridgehead atoms. The molecule has 1 aromatic carbocycles. The Morgan fingerprint density at radius 3 is 2.58 bits per heavy atom. The minimum absolute atomic E-state index is 0. The van der Waals surface area contributed by atoms with Crippen LogP contribution >= 0.6 is 24.0 Å². The van der Waals surface area contributed by atoms with Gasteiger partial charge in [0, 0.05) is 19.2 Å². The van der Waals surface area contributed by atoms with E-state index in [1.165, 1.54) is 18.2 Å². The molecule has 1 atom stereocenters. The molecule has 2 N–H and O–H groups in total. The number of hydrogen-bond donors (Lipinski definition) is 2. The maximum Gasteiger partial charge on any atom is 0.390 e. The van der Waals surface area contributed by atoms with Crippen LogP contribution < -0.4 is 15.4 Å². The molecule has 0 aromatic heterocycles. The van der Waals surface area contributed by atoms with Crippen LogP contribution in [0.3, 0.4) is 0 Å². The van der Waals surface area contributed by atoms with Gasteiger partial charge in [-0.2, -0.15) is 13.2 Å². The monoisotopic (exact) mass is 463 g/mol. The highest BCUT2D eigenvalue weighted by Gasteiger charge is 2.26. The number of ether oxygens (including phenoxy) is 1. The Morgan fingerprint density at radius 1 is 1.29 bits per heavy atom. The Bertz CT molecular complexity index is 512. The van der Waals surface area contributed by atoms with E-state index in [2.05, 4.69) is 15.6 Å². The third-order valence-electron chi connectivity index (χ3n) is 2.69. The minimum Gasteiger partial charge on any atom is -0.489 e. The molecule has 0 spiro atoms. The molecule has 138 valence electrons. The van der Waals surface area contributed by atoms with E-state index in [1.54, 1.807) is 13.0 Å². The molecule has 4 nitrogen and oxygen atoms in total. The van der Waals surface area contributed by atoms with Gasteiger partial charge in [-0.05, 0) is 26.0 Å². The van der Waals surface area contributed by atoms with Crippen LogP contribution in [0.5, 0.6) is 5.75 Å². The van der Waals surface area contributed by atoms with Crippen molar-refractivity contribution < 1.29 is 22.3 Å². The molecule has 0 heterocycles. The minimum atomic E-state index is -4.21. The number of benzene rings is 1. The summed E-state index contributed by atoms with van der Waals surface area (Å²) in [6.07, 6.45) is -5.50. The summed E-state index contributed by atoms with van der Waals surface area (Å²) in [7, 11) is 0. The van der Waals surface area contributed by atoms with Gasteiger partial charge in [0.2, 0.25) is 0 Å². The van der Waals surface area contributed by atoms with Gasteiger partial charge in [0.05, 0.1) is 13.0 Å². The normalized spacial score (nSPS) is 13.0. The Kier molecular flexibility index (Phi) is 10.7. The topological polar surface area (TPSA) is 45.7 Å². The molecule has 0 fully saturated rings. The lowest BCUT2D eigenvalue weighted by Gasteiger charge is -2.15. The van der Waals surface area contributed by atoms with Crippen LogP contribution in [0.1, 0.15) is 20.3 Å². The molecular weight excluding hydrogens is 441 g/mol. The molecule has 1 aromatic rings. The van der Waals surface area contributed by atoms with E-state index in [9.17, 15) is 17.6 Å². The fourth-order valence-electron chi connectivity index (χ4n) is 1.69. The van der Waals surface area contributed by atoms with Crippen molar-refractivity contribution in [2.24, 2.45) is 4.99 Å². The van der Waals surface area contributed by atoms with E-state index in [1.807, 2.05) is 6.92 Å². The van der Waals surface area contributed by atoms with E-state index < -0.39 is 18.4 Å². The summed E-state index contributed by atoms with van der Waals surface area (Å²) >= 11 is 0. The third kappa shape index (κ3) is 10.5. The van der Waals surface area contributed by atoms with Crippen molar-refractivity contribution in [3.05, 3.63) is 30.1 Å². The molecule has 1 rings (SSSR count). The summed E-state index contributed by atoms with van der Waals surface area (Å²) in [6, 6.07) is 5.72. The molecule has 0 radical (unpaired) electrons. The van der Waals surface area contributed by atoms with Crippen LogP contribution in [0.25, 0.3) is 0 Å². The lowest BCUT2D eigenvalue weighted by atomic mass is 10.3. The van der Waals surface area contributed by atoms with Crippen LogP contribution in [0.15, 0.2) is 29.3 Å². The fourth-order valence-corrected chi connectivity index (χ4v) is 1.69.